The molecule has 2 aliphatic heterocycles. The SMILES string of the molecule is C1=C[NH+]2CCCC1C2.[Br-]. The van der Waals surface area contributed by atoms with Crippen LogP contribution in [0.3, 0.4) is 0 Å². The van der Waals surface area contributed by atoms with Crippen molar-refractivity contribution in [1.82, 2.24) is 0 Å². The summed E-state index contributed by atoms with van der Waals surface area (Å²) in [6, 6.07) is 0. The smallest absolute Gasteiger partial charge is 0.0906 e. The molecule has 0 amide bonds. The normalized spacial score (nSPS) is 38.2. The van der Waals surface area contributed by atoms with Gasteiger partial charge in [0.15, 0.2) is 0 Å². The van der Waals surface area contributed by atoms with E-state index >= 15 is 0 Å². The van der Waals surface area contributed by atoms with E-state index in [1.54, 1.807) is 4.90 Å². The van der Waals surface area contributed by atoms with E-state index in [-0.39, 0.29) is 17.0 Å². The first-order valence-corrected chi connectivity index (χ1v) is 3.48. The summed E-state index contributed by atoms with van der Waals surface area (Å²) in [6.07, 6.45) is 7.59. The molecule has 0 aliphatic carbocycles. The molecule has 1 fully saturated rings. The third kappa shape index (κ3) is 1.36. The first kappa shape index (κ1) is 7.29. The average molecular weight is 190 g/mol. The van der Waals surface area contributed by atoms with Crippen LogP contribution in [0.5, 0.6) is 0 Å². The molecule has 2 rings (SSSR count). The van der Waals surface area contributed by atoms with Crippen molar-refractivity contribution in [3.05, 3.63) is 12.3 Å². The Kier molecular flexibility index (Phi) is 2.30. The third-order valence-corrected chi connectivity index (χ3v) is 2.20. The molecule has 1 N–H and O–H groups in total. The predicted octanol–water partition coefficient (Wildman–Crippen LogP) is -3.19. The van der Waals surface area contributed by atoms with Gasteiger partial charge in [0.25, 0.3) is 0 Å². The second-order valence-electron chi connectivity index (χ2n) is 2.87. The highest BCUT2D eigenvalue weighted by atomic mass is 79.9. The Morgan fingerprint density at radius 3 is 3.00 bits per heavy atom. The van der Waals surface area contributed by atoms with Crippen LogP contribution >= 0.6 is 0 Å². The number of piperidine rings is 1. The van der Waals surface area contributed by atoms with Gasteiger partial charge in [0.2, 0.25) is 0 Å². The Morgan fingerprint density at radius 1 is 1.44 bits per heavy atom. The van der Waals surface area contributed by atoms with E-state index in [9.17, 15) is 0 Å². The fraction of sp³-hybridized carbons (Fsp3) is 0.714. The molecule has 2 unspecified atom stereocenters. The second-order valence-corrected chi connectivity index (χ2v) is 2.87. The lowest BCUT2D eigenvalue weighted by atomic mass is 10.0. The Bertz CT molecular complexity index is 110. The van der Waals surface area contributed by atoms with E-state index in [1.807, 2.05) is 0 Å². The van der Waals surface area contributed by atoms with Gasteiger partial charge < -0.3 is 21.9 Å². The lowest BCUT2D eigenvalue weighted by Gasteiger charge is -2.17. The lowest BCUT2D eigenvalue weighted by Crippen LogP contribution is -3.07. The molecule has 2 bridgehead atoms. The molecule has 1 nitrogen and oxygen atoms in total. The average Bonchev–Trinajstić information content (AvgIpc) is 2.12. The molecule has 52 valence electrons. The van der Waals surface area contributed by atoms with Gasteiger partial charge >= 0.3 is 0 Å². The molecule has 1 saturated heterocycles. The number of hydrogen-bond donors (Lipinski definition) is 1. The minimum atomic E-state index is 0. The van der Waals surface area contributed by atoms with Gasteiger partial charge in [-0.05, 0) is 18.9 Å². The molecule has 0 aromatic carbocycles. The number of halogens is 1. The summed E-state index contributed by atoms with van der Waals surface area (Å²) in [5, 5.41) is 0. The highest BCUT2D eigenvalue weighted by Gasteiger charge is 2.24. The third-order valence-electron chi connectivity index (χ3n) is 2.20. The number of fused-ring (bicyclic) bond motifs is 2. The van der Waals surface area contributed by atoms with Crippen LogP contribution in [0.25, 0.3) is 0 Å². The molecular weight excluding hydrogens is 178 g/mol. The van der Waals surface area contributed by atoms with Crippen LogP contribution in [0.2, 0.25) is 0 Å². The molecule has 2 heteroatoms. The fourth-order valence-corrected chi connectivity index (χ4v) is 1.72. The van der Waals surface area contributed by atoms with Crippen molar-refractivity contribution in [1.29, 1.82) is 0 Å². The Labute approximate surface area is 66.5 Å². The maximum atomic E-state index is 2.38. The highest BCUT2D eigenvalue weighted by molar-refractivity contribution is 4.89. The zero-order chi connectivity index (χ0) is 5.40. The Morgan fingerprint density at radius 2 is 2.33 bits per heavy atom. The topological polar surface area (TPSA) is 4.44 Å². The van der Waals surface area contributed by atoms with Gasteiger partial charge in [-0.25, -0.2) is 0 Å². The maximum Gasteiger partial charge on any atom is 0.0906 e. The molecule has 0 aromatic rings. The summed E-state index contributed by atoms with van der Waals surface area (Å²) in [6.45, 7) is 2.77. The van der Waals surface area contributed by atoms with Gasteiger partial charge in [-0.15, -0.1) is 0 Å². The monoisotopic (exact) mass is 189 g/mol. The molecule has 0 radical (unpaired) electrons. The summed E-state index contributed by atoms with van der Waals surface area (Å²) in [5.41, 5.74) is 0. The van der Waals surface area contributed by atoms with Crippen LogP contribution in [0.4, 0.5) is 0 Å². The Balaban J connectivity index is 0.000000405. The molecule has 2 atom stereocenters. The molecule has 2 heterocycles. The van der Waals surface area contributed by atoms with E-state index in [1.165, 1.54) is 25.9 Å². The van der Waals surface area contributed by atoms with Gasteiger partial charge in [-0.2, -0.15) is 0 Å². The van der Waals surface area contributed by atoms with Crippen molar-refractivity contribution in [3.63, 3.8) is 0 Å². The van der Waals surface area contributed by atoms with Crippen LogP contribution in [0, 0.1) is 5.92 Å². The van der Waals surface area contributed by atoms with Gasteiger partial charge in [0.05, 0.1) is 19.3 Å². The molecule has 9 heavy (non-hydrogen) atoms. The minimum absolute atomic E-state index is 0. The molecule has 0 saturated carbocycles. The number of rotatable bonds is 0. The molecule has 0 spiro atoms. The van der Waals surface area contributed by atoms with Crippen LogP contribution in [0.1, 0.15) is 12.8 Å². The number of hydrogen-bond acceptors (Lipinski definition) is 0. The highest BCUT2D eigenvalue weighted by Crippen LogP contribution is 2.11. The first-order chi connectivity index (χ1) is 3.95. The largest absolute Gasteiger partial charge is 1.00 e. The Hall–Kier alpha value is 0.180. The summed E-state index contributed by atoms with van der Waals surface area (Å²) in [4.78, 5) is 1.70. The van der Waals surface area contributed by atoms with Crippen molar-refractivity contribution in [2.45, 2.75) is 12.8 Å². The summed E-state index contributed by atoms with van der Waals surface area (Å²) < 4.78 is 0. The van der Waals surface area contributed by atoms with Crippen molar-refractivity contribution >= 4 is 0 Å². The quantitative estimate of drug-likeness (QED) is 0.410. The van der Waals surface area contributed by atoms with E-state index in [4.69, 9.17) is 0 Å². The van der Waals surface area contributed by atoms with E-state index in [0.29, 0.717) is 0 Å². The van der Waals surface area contributed by atoms with Crippen molar-refractivity contribution in [2.24, 2.45) is 5.92 Å². The molecule has 0 aromatic heterocycles. The van der Waals surface area contributed by atoms with Crippen molar-refractivity contribution in [3.8, 4) is 0 Å². The zero-order valence-corrected chi connectivity index (χ0v) is 7.02. The fourth-order valence-electron chi connectivity index (χ4n) is 1.72. The van der Waals surface area contributed by atoms with E-state index in [0.717, 1.165) is 5.92 Å². The first-order valence-electron chi connectivity index (χ1n) is 3.48. The predicted molar refractivity (Wildman–Crippen MR) is 32.6 cm³/mol. The van der Waals surface area contributed by atoms with Crippen LogP contribution < -0.4 is 21.9 Å². The van der Waals surface area contributed by atoms with Gasteiger partial charge in [0, 0.05) is 5.92 Å². The molecular formula is C7H12BrN. The van der Waals surface area contributed by atoms with Crippen LogP contribution in [0.15, 0.2) is 12.3 Å². The lowest BCUT2D eigenvalue weighted by molar-refractivity contribution is -0.848. The van der Waals surface area contributed by atoms with Crippen LogP contribution in [-0.2, 0) is 0 Å². The number of nitrogens with one attached hydrogen (secondary N) is 1. The second kappa shape index (κ2) is 2.84. The van der Waals surface area contributed by atoms with Crippen molar-refractivity contribution < 1.29 is 21.9 Å². The minimum Gasteiger partial charge on any atom is -1.00 e. The van der Waals surface area contributed by atoms with Gasteiger partial charge in [0.1, 0.15) is 0 Å². The molecule has 2 aliphatic rings. The standard InChI is InChI=1S/C7H11N.BrH/c1-2-7-3-5-8(4-1)6-7;/h3,5,7H,1-2,4,6H2;1H. The maximum absolute atomic E-state index is 2.38. The summed E-state index contributed by atoms with van der Waals surface area (Å²) in [7, 11) is 0. The van der Waals surface area contributed by atoms with Crippen molar-refractivity contribution in [2.75, 3.05) is 13.1 Å². The van der Waals surface area contributed by atoms with Gasteiger partial charge in [-0.1, -0.05) is 0 Å². The van der Waals surface area contributed by atoms with E-state index in [2.05, 4.69) is 12.3 Å². The van der Waals surface area contributed by atoms with E-state index < -0.39 is 0 Å². The van der Waals surface area contributed by atoms with Gasteiger partial charge in [-0.3, -0.25) is 0 Å². The zero-order valence-electron chi connectivity index (χ0n) is 5.44. The summed E-state index contributed by atoms with van der Waals surface area (Å²) >= 11 is 0. The summed E-state index contributed by atoms with van der Waals surface area (Å²) in [5.74, 6) is 0.943. The number of quaternary nitrogens is 1. The van der Waals surface area contributed by atoms with Crippen LogP contribution in [-0.4, -0.2) is 13.1 Å².